The number of carbonyl (C=O) groups excluding carboxylic acids is 2. The Labute approximate surface area is 191 Å². The lowest BCUT2D eigenvalue weighted by Gasteiger charge is -2.24. The molecule has 1 fully saturated rings. The SMILES string of the molecule is CCC(NC(=O)c1cc(C(=O)N2CCCC2C)n2c1COCC2)c1ccc(OC(F)F)cc1. The van der Waals surface area contributed by atoms with Crippen LogP contribution < -0.4 is 10.1 Å². The van der Waals surface area contributed by atoms with E-state index < -0.39 is 6.61 Å². The van der Waals surface area contributed by atoms with E-state index in [9.17, 15) is 18.4 Å². The molecule has 2 amide bonds. The summed E-state index contributed by atoms with van der Waals surface area (Å²) in [5.41, 5.74) is 2.43. The summed E-state index contributed by atoms with van der Waals surface area (Å²) in [7, 11) is 0. The summed E-state index contributed by atoms with van der Waals surface area (Å²) in [5.74, 6) is -0.283. The second-order valence-corrected chi connectivity index (χ2v) is 8.47. The maximum absolute atomic E-state index is 13.3. The van der Waals surface area contributed by atoms with Crippen LogP contribution in [0.25, 0.3) is 0 Å². The van der Waals surface area contributed by atoms with Crippen molar-refractivity contribution in [3.05, 3.63) is 52.8 Å². The minimum absolute atomic E-state index is 0.0520. The zero-order chi connectivity index (χ0) is 23.5. The van der Waals surface area contributed by atoms with E-state index in [1.807, 2.05) is 23.3 Å². The zero-order valence-electron chi connectivity index (χ0n) is 18.9. The van der Waals surface area contributed by atoms with Crippen LogP contribution in [0.15, 0.2) is 30.3 Å². The number of nitrogens with zero attached hydrogens (tertiary/aromatic N) is 2. The number of hydrogen-bond donors (Lipinski definition) is 1. The fourth-order valence-corrected chi connectivity index (χ4v) is 4.62. The number of benzene rings is 1. The van der Waals surface area contributed by atoms with Crippen LogP contribution in [0, 0.1) is 0 Å². The smallest absolute Gasteiger partial charge is 0.387 e. The lowest BCUT2D eigenvalue weighted by molar-refractivity contribution is -0.0498. The maximum Gasteiger partial charge on any atom is 0.387 e. The molecule has 4 rings (SSSR count). The summed E-state index contributed by atoms with van der Waals surface area (Å²) in [6.07, 6.45) is 2.57. The number of aromatic nitrogens is 1. The van der Waals surface area contributed by atoms with Gasteiger partial charge in [0.25, 0.3) is 11.8 Å². The van der Waals surface area contributed by atoms with Gasteiger partial charge < -0.3 is 24.3 Å². The van der Waals surface area contributed by atoms with Crippen molar-refractivity contribution in [1.82, 2.24) is 14.8 Å². The molecule has 178 valence electrons. The quantitative estimate of drug-likeness (QED) is 0.673. The first-order valence-electron chi connectivity index (χ1n) is 11.4. The van der Waals surface area contributed by atoms with Gasteiger partial charge in [0.05, 0.1) is 30.5 Å². The minimum Gasteiger partial charge on any atom is -0.435 e. The van der Waals surface area contributed by atoms with Crippen LogP contribution in [0.3, 0.4) is 0 Å². The second kappa shape index (κ2) is 9.91. The summed E-state index contributed by atoms with van der Waals surface area (Å²) in [4.78, 5) is 28.4. The molecular formula is C24H29F2N3O4. The zero-order valence-corrected chi connectivity index (χ0v) is 18.9. The van der Waals surface area contributed by atoms with Gasteiger partial charge in [-0.15, -0.1) is 0 Å². The Balaban J connectivity index is 1.56. The van der Waals surface area contributed by atoms with E-state index in [1.165, 1.54) is 12.1 Å². The van der Waals surface area contributed by atoms with Crippen molar-refractivity contribution >= 4 is 11.8 Å². The molecule has 1 aromatic carbocycles. The number of hydrogen-bond acceptors (Lipinski definition) is 4. The predicted molar refractivity (Wildman–Crippen MR) is 117 cm³/mol. The van der Waals surface area contributed by atoms with Crippen LogP contribution in [0.4, 0.5) is 8.78 Å². The van der Waals surface area contributed by atoms with Crippen molar-refractivity contribution in [2.75, 3.05) is 13.2 Å². The Morgan fingerprint density at radius 3 is 2.64 bits per heavy atom. The molecule has 2 aliphatic heterocycles. The molecule has 9 heteroatoms. The maximum atomic E-state index is 13.3. The molecule has 1 saturated heterocycles. The average Bonchev–Trinajstić information content (AvgIpc) is 3.41. The van der Waals surface area contributed by atoms with Crippen molar-refractivity contribution in [2.45, 2.75) is 65.0 Å². The highest BCUT2D eigenvalue weighted by molar-refractivity contribution is 6.01. The highest BCUT2D eigenvalue weighted by atomic mass is 19.3. The van der Waals surface area contributed by atoms with E-state index in [0.29, 0.717) is 36.5 Å². The first kappa shape index (κ1) is 23.2. The second-order valence-electron chi connectivity index (χ2n) is 8.47. The van der Waals surface area contributed by atoms with E-state index in [-0.39, 0.29) is 36.3 Å². The predicted octanol–water partition coefficient (Wildman–Crippen LogP) is 4.13. The monoisotopic (exact) mass is 461 g/mol. The molecule has 2 unspecified atom stereocenters. The summed E-state index contributed by atoms with van der Waals surface area (Å²) in [5, 5.41) is 3.02. The molecule has 0 aliphatic carbocycles. The first-order chi connectivity index (χ1) is 15.9. The highest BCUT2D eigenvalue weighted by Crippen LogP contribution is 2.27. The van der Waals surface area contributed by atoms with Crippen LogP contribution in [0.5, 0.6) is 5.75 Å². The minimum atomic E-state index is -2.89. The molecule has 1 aromatic heterocycles. The van der Waals surface area contributed by atoms with Gasteiger partial charge >= 0.3 is 6.61 Å². The summed E-state index contributed by atoms with van der Waals surface area (Å²) in [6, 6.07) is 7.77. The lowest BCUT2D eigenvalue weighted by Crippen LogP contribution is -2.35. The van der Waals surface area contributed by atoms with Gasteiger partial charge in [-0.1, -0.05) is 19.1 Å². The summed E-state index contributed by atoms with van der Waals surface area (Å²) < 4.78 is 36.7. The van der Waals surface area contributed by atoms with Crippen LogP contribution in [-0.2, 0) is 17.9 Å². The Bertz CT molecular complexity index is 1010. The topological polar surface area (TPSA) is 72.8 Å². The fraction of sp³-hybridized carbons (Fsp3) is 0.500. The number of fused-ring (bicyclic) bond motifs is 1. The van der Waals surface area contributed by atoms with Crippen molar-refractivity contribution in [3.63, 3.8) is 0 Å². The van der Waals surface area contributed by atoms with Gasteiger partial charge in [0.1, 0.15) is 11.4 Å². The van der Waals surface area contributed by atoms with Crippen molar-refractivity contribution < 1.29 is 27.8 Å². The molecular weight excluding hydrogens is 432 g/mol. The number of rotatable bonds is 7. The number of carbonyl (C=O) groups is 2. The fourth-order valence-electron chi connectivity index (χ4n) is 4.62. The Morgan fingerprint density at radius 1 is 1.24 bits per heavy atom. The molecule has 7 nitrogen and oxygen atoms in total. The summed E-state index contributed by atoms with van der Waals surface area (Å²) >= 11 is 0. The average molecular weight is 462 g/mol. The van der Waals surface area contributed by atoms with Crippen LogP contribution >= 0.6 is 0 Å². The first-order valence-corrected chi connectivity index (χ1v) is 11.4. The molecule has 2 aliphatic rings. The van der Waals surface area contributed by atoms with Crippen LogP contribution in [0.2, 0.25) is 0 Å². The van der Waals surface area contributed by atoms with Crippen molar-refractivity contribution in [1.29, 1.82) is 0 Å². The molecule has 33 heavy (non-hydrogen) atoms. The summed E-state index contributed by atoms with van der Waals surface area (Å²) in [6.45, 7) is 3.09. The molecule has 3 heterocycles. The molecule has 0 saturated carbocycles. The molecule has 0 bridgehead atoms. The van der Waals surface area contributed by atoms with Gasteiger partial charge in [-0.3, -0.25) is 9.59 Å². The Hall–Kier alpha value is -2.94. The third-order valence-electron chi connectivity index (χ3n) is 6.41. The van der Waals surface area contributed by atoms with Crippen LogP contribution in [0.1, 0.15) is 71.3 Å². The normalized spacial score (nSPS) is 18.8. The van der Waals surface area contributed by atoms with Gasteiger partial charge in [0, 0.05) is 19.1 Å². The Morgan fingerprint density at radius 2 is 2.00 bits per heavy atom. The molecule has 0 spiro atoms. The highest BCUT2D eigenvalue weighted by Gasteiger charge is 2.32. The van der Waals surface area contributed by atoms with Gasteiger partial charge in [0.15, 0.2) is 0 Å². The third kappa shape index (κ3) is 4.88. The third-order valence-corrected chi connectivity index (χ3v) is 6.41. The Kier molecular flexibility index (Phi) is 6.97. The van der Waals surface area contributed by atoms with Crippen molar-refractivity contribution in [2.24, 2.45) is 0 Å². The van der Waals surface area contributed by atoms with Gasteiger partial charge in [-0.2, -0.15) is 8.78 Å². The van der Waals surface area contributed by atoms with Crippen molar-refractivity contribution in [3.8, 4) is 5.75 Å². The lowest BCUT2D eigenvalue weighted by atomic mass is 10.0. The molecule has 2 aromatic rings. The van der Waals surface area contributed by atoms with Gasteiger partial charge in [0.2, 0.25) is 0 Å². The number of nitrogens with one attached hydrogen (secondary N) is 1. The number of ether oxygens (including phenoxy) is 2. The number of amides is 2. The molecule has 1 N–H and O–H groups in total. The van der Waals surface area contributed by atoms with Crippen LogP contribution in [-0.4, -0.2) is 47.1 Å². The van der Waals surface area contributed by atoms with E-state index in [4.69, 9.17) is 4.74 Å². The van der Waals surface area contributed by atoms with E-state index in [1.54, 1.807) is 18.2 Å². The molecule has 2 atom stereocenters. The van der Waals surface area contributed by atoms with Gasteiger partial charge in [-0.25, -0.2) is 0 Å². The standard InChI is InChI=1S/C24H29F2N3O4/c1-3-19(16-6-8-17(9-7-16)33-24(25)26)27-22(30)18-13-20(29-11-12-32-14-21(18)29)23(31)28-10-4-5-15(28)2/h6-9,13,15,19,24H,3-5,10-12,14H2,1-2H3,(H,27,30). The van der Waals surface area contributed by atoms with E-state index in [0.717, 1.165) is 24.9 Å². The number of alkyl halides is 2. The number of halogens is 2. The van der Waals surface area contributed by atoms with Gasteiger partial charge in [-0.05, 0) is 49.9 Å². The molecule has 0 radical (unpaired) electrons. The number of likely N-dealkylation sites (tertiary alicyclic amines) is 1. The van der Waals surface area contributed by atoms with E-state index >= 15 is 0 Å². The van der Waals surface area contributed by atoms with E-state index in [2.05, 4.69) is 10.1 Å². The largest absolute Gasteiger partial charge is 0.435 e.